The molecular weight excluding hydrogens is 1260 g/mol. The van der Waals surface area contributed by atoms with Gasteiger partial charge in [0, 0.05) is 72.4 Å². The van der Waals surface area contributed by atoms with Gasteiger partial charge in [-0.15, -0.1) is 10.2 Å². The number of para-hydroxylation sites is 3. The Labute approximate surface area is 583 Å². The van der Waals surface area contributed by atoms with E-state index in [1.165, 1.54) is 5.56 Å². The fourth-order valence-electron chi connectivity index (χ4n) is 11.1. The minimum atomic E-state index is -0.0564. The highest BCUT2D eigenvalue weighted by Crippen LogP contribution is 2.32. The standard InChI is InChI=1S/C22H18N4O.C22H20N4.C19H13N5.C19H18N4O/c23-21-13-19(18-3-1-2-4-20(18)26-21)16-9-5-14(6-10-16)15-7-11-17(12-8-15)22(24)27-25;1-22(2)14-24-21(26-22)16-10-7-15(8-11-16)9-12-18-13-17-5-3-4-6-19(17)25-20(18)23;20-19-11-15(17-3-1-2-4-18(17)23-19)8-5-14-6-9-16(10-7-14)24-12-21-22-13-24;1-12-2-6-15-11-22-19(21)16(17(15)10-12)9-5-13-3-7-14(8-4-13)18(20)23-24/h1-13,24H,25H2,(H2,23,26);3-8,10-11,13H,14H2,1-2H3,(H2,23,25)(H,24,26);1-4,6-7,9-13H,(H2,20,23);2-11,24H,1H3,(H2,20,23)(H2,21,22)/b;;;9-5+. The molecule has 6 heterocycles. The quantitative estimate of drug-likeness (QED) is 0.0224. The van der Waals surface area contributed by atoms with Crippen LogP contribution in [0, 0.1) is 36.0 Å². The SMILES string of the molecule is CC1(C)CN=C(c2ccc(C#Cc3cc4ccccc4nc3N)cc2)N1.Cc1ccc2cnc(N)c(/C=C/c3ccc(C(N)=NO)cc3)c2c1.N=C(ON)c1ccc(-c2ccc(-c3cc(N)nc4ccccc34)cc2)cc1.Nc1cc(C#Cc2ccc(-n3cnnc3)cc2)c2ccccc2n1. The summed E-state index contributed by atoms with van der Waals surface area (Å²) in [5.74, 6) is 20.6. The Morgan fingerprint density at radius 1 is 0.564 bits per heavy atom. The van der Waals surface area contributed by atoms with Crippen LogP contribution in [-0.4, -0.2) is 69.6 Å². The van der Waals surface area contributed by atoms with E-state index in [9.17, 15) is 0 Å². The molecule has 0 spiro atoms. The zero-order valence-corrected chi connectivity index (χ0v) is 55.4. The molecular formula is C82H69N17O2. The van der Waals surface area contributed by atoms with Crippen LogP contribution < -0.4 is 39.9 Å². The molecule has 19 nitrogen and oxygen atoms in total. The molecule has 14 aromatic rings. The summed E-state index contributed by atoms with van der Waals surface area (Å²) in [4.78, 5) is 26.4. The molecule has 5 aromatic heterocycles. The van der Waals surface area contributed by atoms with Gasteiger partial charge in [0.1, 0.15) is 41.8 Å². The Morgan fingerprint density at radius 3 is 1.79 bits per heavy atom. The molecule has 0 unspecified atom stereocenters. The van der Waals surface area contributed by atoms with Crippen molar-refractivity contribution < 1.29 is 10.0 Å². The highest BCUT2D eigenvalue weighted by molar-refractivity contribution is 6.01. The van der Waals surface area contributed by atoms with Crippen molar-refractivity contribution in [3.05, 3.63) is 305 Å². The van der Waals surface area contributed by atoms with Crippen LogP contribution in [0.4, 0.5) is 23.3 Å². The van der Waals surface area contributed by atoms with E-state index < -0.39 is 0 Å². The molecule has 0 aliphatic carbocycles. The number of anilines is 4. The third-order valence-corrected chi connectivity index (χ3v) is 16.4. The number of hydrogen-bond acceptors (Lipinski definition) is 17. The third kappa shape index (κ3) is 16.5. The minimum Gasteiger partial charge on any atom is -0.409 e. The number of nitrogens with two attached hydrogens (primary N) is 6. The summed E-state index contributed by atoms with van der Waals surface area (Å²) in [6, 6.07) is 74.8. The molecule has 0 amide bonds. The maximum atomic E-state index is 8.69. The van der Waals surface area contributed by atoms with Gasteiger partial charge in [0.2, 0.25) is 5.90 Å². The summed E-state index contributed by atoms with van der Waals surface area (Å²) in [5, 5.41) is 35.6. The zero-order valence-electron chi connectivity index (χ0n) is 55.4. The van der Waals surface area contributed by atoms with Gasteiger partial charge in [-0.25, -0.2) is 19.9 Å². The lowest BCUT2D eigenvalue weighted by molar-refractivity contribution is 0.318. The number of benzene rings is 9. The van der Waals surface area contributed by atoms with Crippen LogP contribution in [-0.2, 0) is 4.84 Å². The highest BCUT2D eigenvalue weighted by Gasteiger charge is 2.25. The van der Waals surface area contributed by atoms with Gasteiger partial charge < -0.3 is 44.0 Å². The van der Waals surface area contributed by atoms with Crippen LogP contribution >= 0.6 is 0 Å². The summed E-state index contributed by atoms with van der Waals surface area (Å²) in [7, 11) is 0. The Hall–Kier alpha value is -14.0. The van der Waals surface area contributed by atoms with Crippen molar-refractivity contribution in [2.75, 3.05) is 29.5 Å². The number of aryl methyl sites for hydroxylation is 1. The molecule has 0 fully saturated rings. The molecule has 15 rings (SSSR count). The number of nitrogens with zero attached hydrogens (tertiary/aromatic N) is 9. The number of rotatable bonds is 8. The van der Waals surface area contributed by atoms with Crippen molar-refractivity contribution in [2.45, 2.75) is 26.3 Å². The molecule has 0 saturated carbocycles. The van der Waals surface area contributed by atoms with Gasteiger partial charge in [0.15, 0.2) is 5.84 Å². The van der Waals surface area contributed by atoms with E-state index in [2.05, 4.69) is 137 Å². The van der Waals surface area contributed by atoms with Gasteiger partial charge in [-0.05, 0) is 139 Å². The second kappa shape index (κ2) is 30.4. The average Bonchev–Trinajstić information content (AvgIpc) is 1.22. The minimum absolute atomic E-state index is 0.0222. The molecule has 0 atom stereocenters. The molecule has 0 saturated heterocycles. The number of aliphatic imine (C=N–C) groups is 1. The summed E-state index contributed by atoms with van der Waals surface area (Å²) in [6.45, 7) is 7.13. The second-order valence-corrected chi connectivity index (χ2v) is 24.2. The normalized spacial score (nSPS) is 12.1. The van der Waals surface area contributed by atoms with Crippen LogP contribution in [0.3, 0.4) is 0 Å². The monoisotopic (exact) mass is 1320 g/mol. The molecule has 101 heavy (non-hydrogen) atoms. The van der Waals surface area contributed by atoms with Gasteiger partial charge in [-0.2, -0.15) is 5.90 Å². The van der Waals surface area contributed by atoms with E-state index >= 15 is 0 Å². The third-order valence-electron chi connectivity index (χ3n) is 16.4. The topological polar surface area (TPSA) is 328 Å². The number of fused-ring (bicyclic) bond motifs is 4. The van der Waals surface area contributed by atoms with E-state index in [4.69, 9.17) is 45.2 Å². The van der Waals surface area contributed by atoms with Gasteiger partial charge >= 0.3 is 0 Å². The fraction of sp³-hybridized carbons (Fsp3) is 0.0610. The molecule has 0 bridgehead atoms. The molecule has 494 valence electrons. The van der Waals surface area contributed by atoms with Crippen molar-refractivity contribution >= 4 is 96.5 Å². The molecule has 15 N–H and O–H groups in total. The van der Waals surface area contributed by atoms with Crippen LogP contribution in [0.5, 0.6) is 0 Å². The lowest BCUT2D eigenvalue weighted by atomic mass is 9.97. The highest BCUT2D eigenvalue weighted by atomic mass is 16.6. The largest absolute Gasteiger partial charge is 0.409 e. The Morgan fingerprint density at radius 2 is 1.14 bits per heavy atom. The summed E-state index contributed by atoms with van der Waals surface area (Å²) in [6.07, 6.45) is 9.03. The van der Waals surface area contributed by atoms with Crippen LogP contribution in [0.15, 0.2) is 260 Å². The second-order valence-electron chi connectivity index (χ2n) is 24.2. The fourth-order valence-corrected chi connectivity index (χ4v) is 11.1. The number of aromatic nitrogens is 7. The van der Waals surface area contributed by atoms with E-state index in [1.807, 2.05) is 187 Å². The summed E-state index contributed by atoms with van der Waals surface area (Å²) in [5.41, 5.74) is 46.3. The molecule has 1 aliphatic heterocycles. The number of nitrogens with one attached hydrogen (secondary N) is 2. The first-order valence-corrected chi connectivity index (χ1v) is 32.0. The number of oxime groups is 1. The van der Waals surface area contributed by atoms with Crippen LogP contribution in [0.2, 0.25) is 0 Å². The first-order valence-electron chi connectivity index (χ1n) is 32.0. The Kier molecular flexibility index (Phi) is 20.1. The maximum absolute atomic E-state index is 8.69. The number of amidine groups is 2. The molecule has 1 aliphatic rings. The smallest absolute Gasteiger partial charge is 0.237 e. The van der Waals surface area contributed by atoms with Crippen molar-refractivity contribution in [1.82, 2.24) is 40.0 Å². The average molecular weight is 1320 g/mol. The first kappa shape index (κ1) is 67.0. The van der Waals surface area contributed by atoms with Gasteiger partial charge in [-0.1, -0.05) is 192 Å². The van der Waals surface area contributed by atoms with Gasteiger partial charge in [0.05, 0.1) is 34.2 Å². The maximum Gasteiger partial charge on any atom is 0.237 e. The van der Waals surface area contributed by atoms with E-state index in [0.29, 0.717) is 34.4 Å². The van der Waals surface area contributed by atoms with Crippen molar-refractivity contribution in [1.29, 1.82) is 5.41 Å². The Balaban J connectivity index is 0.000000128. The van der Waals surface area contributed by atoms with E-state index in [1.54, 1.807) is 37.1 Å². The van der Waals surface area contributed by atoms with Gasteiger partial charge in [0.25, 0.3) is 0 Å². The van der Waals surface area contributed by atoms with Gasteiger partial charge in [-0.3, -0.25) is 15.0 Å². The lowest BCUT2D eigenvalue weighted by Crippen LogP contribution is -2.39. The number of pyridine rings is 4. The van der Waals surface area contributed by atoms with Crippen LogP contribution in [0.1, 0.15) is 69.5 Å². The summed E-state index contributed by atoms with van der Waals surface area (Å²) < 4.78 is 1.84. The number of hydrogen-bond donors (Lipinski definition) is 9. The zero-order chi connectivity index (χ0) is 70.4. The lowest BCUT2D eigenvalue weighted by Gasteiger charge is -2.18. The predicted octanol–water partition coefficient (Wildman–Crippen LogP) is 13.9. The number of nitrogen functional groups attached to an aromatic ring is 4. The molecule has 19 heteroatoms. The van der Waals surface area contributed by atoms with Crippen molar-refractivity contribution in [2.24, 2.45) is 21.8 Å². The first-order chi connectivity index (χ1) is 49.0. The van der Waals surface area contributed by atoms with Crippen molar-refractivity contribution in [3.8, 4) is 51.6 Å². The van der Waals surface area contributed by atoms with E-state index in [0.717, 1.165) is 123 Å². The molecule has 0 radical (unpaired) electrons. The van der Waals surface area contributed by atoms with Crippen molar-refractivity contribution in [3.63, 3.8) is 0 Å². The van der Waals surface area contributed by atoms with Crippen LogP contribution in [0.25, 0.3) is 83.6 Å². The van der Waals surface area contributed by atoms with E-state index in [-0.39, 0.29) is 17.3 Å². The predicted molar refractivity (Wildman–Crippen MR) is 409 cm³/mol. The Bertz CT molecular complexity index is 5570. The summed E-state index contributed by atoms with van der Waals surface area (Å²) >= 11 is 0. The molecule has 9 aromatic carbocycles.